The highest BCUT2D eigenvalue weighted by atomic mass is 16.3. The van der Waals surface area contributed by atoms with Crippen LogP contribution in [0.15, 0.2) is 12.4 Å². The summed E-state index contributed by atoms with van der Waals surface area (Å²) >= 11 is 0. The monoisotopic (exact) mass is 194 g/mol. The molecule has 2 atom stereocenters. The molecule has 0 fully saturated rings. The molecule has 14 heavy (non-hydrogen) atoms. The Morgan fingerprint density at radius 2 is 2.00 bits per heavy atom. The lowest BCUT2D eigenvalue weighted by molar-refractivity contribution is 0.0531. The van der Waals surface area contributed by atoms with Crippen LogP contribution in [0.2, 0.25) is 0 Å². The summed E-state index contributed by atoms with van der Waals surface area (Å²) in [7, 11) is 0. The molecule has 6 N–H and O–H groups in total. The summed E-state index contributed by atoms with van der Waals surface area (Å²) in [5, 5.41) is 26.9. The van der Waals surface area contributed by atoms with Gasteiger partial charge < -0.3 is 21.7 Å². The lowest BCUT2D eigenvalue weighted by Gasteiger charge is -2.14. The van der Waals surface area contributed by atoms with Gasteiger partial charge in [0.05, 0.1) is 23.6 Å². The van der Waals surface area contributed by atoms with Crippen molar-refractivity contribution in [2.45, 2.75) is 12.2 Å². The van der Waals surface area contributed by atoms with Gasteiger partial charge >= 0.3 is 0 Å². The van der Waals surface area contributed by atoms with Crippen molar-refractivity contribution < 1.29 is 10.2 Å². The van der Waals surface area contributed by atoms with Crippen LogP contribution >= 0.6 is 0 Å². The van der Waals surface area contributed by atoms with Crippen molar-refractivity contribution in [3.8, 4) is 6.07 Å². The Morgan fingerprint density at radius 3 is 2.57 bits per heavy atom. The van der Waals surface area contributed by atoms with E-state index in [0.717, 1.165) is 0 Å². The molecule has 0 saturated carbocycles. The van der Waals surface area contributed by atoms with Gasteiger partial charge in [-0.15, -0.1) is 0 Å². The Kier molecular flexibility index (Phi) is 2.86. The molecule has 1 rings (SSSR count). The molecule has 1 heterocycles. The van der Waals surface area contributed by atoms with Gasteiger partial charge in [-0.2, -0.15) is 5.26 Å². The number of aromatic nitrogens is 1. The van der Waals surface area contributed by atoms with Crippen molar-refractivity contribution in [1.82, 2.24) is 4.98 Å². The first-order valence-corrected chi connectivity index (χ1v) is 3.82. The molecule has 6 heteroatoms. The van der Waals surface area contributed by atoms with Crippen LogP contribution in [0.5, 0.6) is 0 Å². The van der Waals surface area contributed by atoms with E-state index in [-0.39, 0.29) is 16.9 Å². The summed E-state index contributed by atoms with van der Waals surface area (Å²) in [5.41, 5.74) is 11.4. The number of aliphatic hydroxyl groups is 2. The van der Waals surface area contributed by atoms with E-state index in [1.54, 1.807) is 0 Å². The van der Waals surface area contributed by atoms with E-state index in [4.69, 9.17) is 21.8 Å². The van der Waals surface area contributed by atoms with Crippen LogP contribution in [0.25, 0.3) is 0 Å². The van der Waals surface area contributed by atoms with Gasteiger partial charge in [0.25, 0.3) is 0 Å². The van der Waals surface area contributed by atoms with Crippen molar-refractivity contribution >= 4 is 11.4 Å². The Balaban J connectivity index is 3.08. The number of nitrogens with two attached hydrogens (primary N) is 2. The van der Waals surface area contributed by atoms with E-state index in [0.29, 0.717) is 0 Å². The summed E-state index contributed by atoms with van der Waals surface area (Å²) < 4.78 is 0. The molecule has 74 valence electrons. The van der Waals surface area contributed by atoms with Gasteiger partial charge in [0.1, 0.15) is 6.10 Å². The predicted octanol–water partition coefficient (Wildman–Crippen LogP) is -0.836. The molecule has 0 aliphatic rings. The van der Waals surface area contributed by atoms with E-state index in [1.165, 1.54) is 18.5 Å². The quantitative estimate of drug-likeness (QED) is 0.454. The highest BCUT2D eigenvalue weighted by Crippen LogP contribution is 2.26. The van der Waals surface area contributed by atoms with Crippen LogP contribution in [-0.4, -0.2) is 21.3 Å². The van der Waals surface area contributed by atoms with E-state index < -0.39 is 12.2 Å². The van der Waals surface area contributed by atoms with E-state index in [2.05, 4.69) is 4.98 Å². The molecule has 0 aromatic carbocycles. The molecular formula is C8H10N4O2. The number of nitrogens with zero attached hydrogens (tertiary/aromatic N) is 2. The summed E-state index contributed by atoms with van der Waals surface area (Å²) in [6.07, 6.45) is -0.349. The number of nitriles is 1. The number of pyridine rings is 1. The van der Waals surface area contributed by atoms with E-state index in [9.17, 15) is 5.11 Å². The lowest BCUT2D eigenvalue weighted by Crippen LogP contribution is -2.18. The third kappa shape index (κ3) is 1.74. The van der Waals surface area contributed by atoms with Gasteiger partial charge in [-0.1, -0.05) is 0 Å². The molecule has 6 nitrogen and oxygen atoms in total. The second-order valence-corrected chi connectivity index (χ2v) is 2.75. The van der Waals surface area contributed by atoms with Crippen molar-refractivity contribution in [2.24, 2.45) is 0 Å². The minimum absolute atomic E-state index is 0.127. The second kappa shape index (κ2) is 3.91. The maximum Gasteiger partial charge on any atom is 0.170 e. The third-order valence-corrected chi connectivity index (χ3v) is 1.80. The standard InChI is InChI=1S/C8H10N4O2/c9-1-6(13)8(14)4-2-12-3-5(10)7(4)11/h2-3,6,8,13-14H,10H2,(H2,11,12). The summed E-state index contributed by atoms with van der Waals surface area (Å²) in [5.74, 6) is 0. The Hall–Kier alpha value is -1.84. The van der Waals surface area contributed by atoms with Crippen LogP contribution in [0.1, 0.15) is 11.7 Å². The molecule has 0 spiro atoms. The maximum absolute atomic E-state index is 9.45. The molecule has 2 unspecified atom stereocenters. The first-order valence-electron chi connectivity index (χ1n) is 3.82. The minimum Gasteiger partial charge on any atom is -0.397 e. The van der Waals surface area contributed by atoms with Crippen molar-refractivity contribution in [1.29, 1.82) is 5.26 Å². The van der Waals surface area contributed by atoms with Gasteiger partial charge in [0.15, 0.2) is 6.10 Å². The van der Waals surface area contributed by atoms with E-state index >= 15 is 0 Å². The van der Waals surface area contributed by atoms with Gasteiger partial charge in [-0.3, -0.25) is 4.98 Å². The first kappa shape index (κ1) is 10.2. The highest BCUT2D eigenvalue weighted by Gasteiger charge is 2.21. The molecule has 1 aromatic heterocycles. The average Bonchev–Trinajstić information content (AvgIpc) is 2.20. The fourth-order valence-electron chi connectivity index (χ4n) is 0.980. The number of hydrogen-bond acceptors (Lipinski definition) is 6. The number of rotatable bonds is 2. The molecule has 0 saturated heterocycles. The topological polar surface area (TPSA) is 129 Å². The van der Waals surface area contributed by atoms with Crippen molar-refractivity contribution in [3.05, 3.63) is 18.0 Å². The molecule has 0 aliphatic carbocycles. The van der Waals surface area contributed by atoms with Crippen LogP contribution in [-0.2, 0) is 0 Å². The Bertz CT molecular complexity index is 374. The van der Waals surface area contributed by atoms with Crippen LogP contribution in [0.3, 0.4) is 0 Å². The largest absolute Gasteiger partial charge is 0.397 e. The summed E-state index contributed by atoms with van der Waals surface area (Å²) in [4.78, 5) is 3.70. The van der Waals surface area contributed by atoms with Crippen molar-refractivity contribution in [2.75, 3.05) is 11.5 Å². The summed E-state index contributed by atoms with van der Waals surface area (Å²) in [6.45, 7) is 0. The van der Waals surface area contributed by atoms with Gasteiger partial charge in [0.2, 0.25) is 0 Å². The van der Waals surface area contributed by atoms with Gasteiger partial charge in [-0.05, 0) is 0 Å². The fourth-order valence-corrected chi connectivity index (χ4v) is 0.980. The Labute approximate surface area is 80.4 Å². The normalized spacial score (nSPS) is 14.4. The molecule has 0 amide bonds. The molecule has 0 aliphatic heterocycles. The lowest BCUT2D eigenvalue weighted by atomic mass is 10.1. The summed E-state index contributed by atoms with van der Waals surface area (Å²) in [6, 6.07) is 1.49. The second-order valence-electron chi connectivity index (χ2n) is 2.75. The minimum atomic E-state index is -1.54. The SMILES string of the molecule is N#CC(O)C(O)c1cncc(N)c1N. The van der Waals surface area contributed by atoms with Gasteiger partial charge in [0, 0.05) is 11.8 Å². The van der Waals surface area contributed by atoms with Crippen LogP contribution < -0.4 is 11.5 Å². The molecular weight excluding hydrogens is 184 g/mol. The van der Waals surface area contributed by atoms with Crippen LogP contribution in [0, 0.1) is 11.3 Å². The van der Waals surface area contributed by atoms with E-state index in [1.807, 2.05) is 0 Å². The molecule has 0 bridgehead atoms. The fraction of sp³-hybridized carbons (Fsp3) is 0.250. The molecule has 1 aromatic rings. The number of hydrogen-bond donors (Lipinski definition) is 4. The first-order chi connectivity index (χ1) is 6.57. The number of anilines is 2. The number of aliphatic hydroxyl groups excluding tert-OH is 2. The predicted molar refractivity (Wildman–Crippen MR) is 49.6 cm³/mol. The van der Waals surface area contributed by atoms with Crippen LogP contribution in [0.4, 0.5) is 11.4 Å². The highest BCUT2D eigenvalue weighted by molar-refractivity contribution is 5.66. The molecule has 0 radical (unpaired) electrons. The smallest absolute Gasteiger partial charge is 0.170 e. The third-order valence-electron chi connectivity index (χ3n) is 1.80. The Morgan fingerprint density at radius 1 is 1.36 bits per heavy atom. The van der Waals surface area contributed by atoms with Gasteiger partial charge in [-0.25, -0.2) is 0 Å². The average molecular weight is 194 g/mol. The zero-order valence-corrected chi connectivity index (χ0v) is 7.25. The maximum atomic E-state index is 9.45. The number of nitrogen functional groups attached to an aromatic ring is 2. The zero-order valence-electron chi connectivity index (χ0n) is 7.25. The van der Waals surface area contributed by atoms with Crippen molar-refractivity contribution in [3.63, 3.8) is 0 Å². The zero-order chi connectivity index (χ0) is 10.7.